The van der Waals surface area contributed by atoms with E-state index in [1.807, 2.05) is 54.6 Å². The summed E-state index contributed by atoms with van der Waals surface area (Å²) < 4.78 is 11.2. The Kier molecular flexibility index (Phi) is 6.37. The van der Waals surface area contributed by atoms with Crippen molar-refractivity contribution in [2.45, 2.75) is 12.5 Å². The molecule has 0 fully saturated rings. The first-order valence-corrected chi connectivity index (χ1v) is 10.3. The number of methoxy groups -OCH3 is 1. The summed E-state index contributed by atoms with van der Waals surface area (Å²) in [5, 5.41) is 8.88. The predicted molar refractivity (Wildman–Crippen MR) is 118 cm³/mol. The van der Waals surface area contributed by atoms with Gasteiger partial charge in [-0.2, -0.15) is 0 Å². The van der Waals surface area contributed by atoms with Gasteiger partial charge in [-0.3, -0.25) is 14.8 Å². The third-order valence-corrected chi connectivity index (χ3v) is 5.53. The predicted octanol–water partition coefficient (Wildman–Crippen LogP) is 3.37. The lowest BCUT2D eigenvalue weighted by Crippen LogP contribution is -2.36. The molecule has 0 saturated heterocycles. The fraction of sp³-hybridized carbons (Fsp3) is 0.200. The van der Waals surface area contributed by atoms with Gasteiger partial charge in [0.15, 0.2) is 0 Å². The van der Waals surface area contributed by atoms with Gasteiger partial charge in [-0.25, -0.2) is 5.48 Å². The van der Waals surface area contributed by atoms with E-state index in [2.05, 4.69) is 0 Å². The Balaban J connectivity index is 1.67. The van der Waals surface area contributed by atoms with E-state index in [-0.39, 0.29) is 11.5 Å². The zero-order valence-corrected chi connectivity index (χ0v) is 17.7. The molecule has 2 N–H and O–H groups in total. The van der Waals surface area contributed by atoms with E-state index < -0.39 is 11.8 Å². The van der Waals surface area contributed by atoms with E-state index in [9.17, 15) is 9.59 Å². The molecule has 7 nitrogen and oxygen atoms in total. The van der Waals surface area contributed by atoms with Gasteiger partial charge in [0, 0.05) is 17.7 Å². The maximum Gasteiger partial charge on any atom is 0.274 e. The minimum absolute atomic E-state index is 0.0434. The summed E-state index contributed by atoms with van der Waals surface area (Å²) in [6.45, 7) is 1.05. The first-order valence-electron chi connectivity index (χ1n) is 10.3. The van der Waals surface area contributed by atoms with Crippen molar-refractivity contribution in [2.75, 3.05) is 20.3 Å². The summed E-state index contributed by atoms with van der Waals surface area (Å²) in [7, 11) is 1.60. The molecule has 32 heavy (non-hydrogen) atoms. The molecule has 1 aliphatic heterocycles. The van der Waals surface area contributed by atoms with Gasteiger partial charge in [0.1, 0.15) is 18.1 Å². The van der Waals surface area contributed by atoms with Crippen LogP contribution in [-0.2, 0) is 11.3 Å². The van der Waals surface area contributed by atoms with Gasteiger partial charge in [-0.15, -0.1) is 0 Å². The van der Waals surface area contributed by atoms with Crippen molar-refractivity contribution in [2.24, 2.45) is 0 Å². The van der Waals surface area contributed by atoms with Crippen LogP contribution in [0.4, 0.5) is 0 Å². The SMILES string of the molecule is COc1cccc(C(C(=O)N2CCOc3cc(C(=O)NO)ccc3C2)c2ccccc2)c1. The van der Waals surface area contributed by atoms with Gasteiger partial charge in [0.05, 0.1) is 19.6 Å². The van der Waals surface area contributed by atoms with Crippen LogP contribution in [0.2, 0.25) is 0 Å². The molecule has 1 atom stereocenters. The molecule has 1 aliphatic rings. The Bertz CT molecular complexity index is 1120. The summed E-state index contributed by atoms with van der Waals surface area (Å²) in [5.41, 5.74) is 4.44. The molecule has 0 spiro atoms. The second-order valence-electron chi connectivity index (χ2n) is 7.49. The van der Waals surface area contributed by atoms with Gasteiger partial charge in [0.25, 0.3) is 5.91 Å². The maximum absolute atomic E-state index is 13.8. The van der Waals surface area contributed by atoms with Crippen LogP contribution in [0.15, 0.2) is 72.8 Å². The highest BCUT2D eigenvalue weighted by atomic mass is 16.5. The number of benzene rings is 3. The number of fused-ring (bicyclic) bond motifs is 1. The molecule has 3 aromatic rings. The summed E-state index contributed by atoms with van der Waals surface area (Å²) in [6.07, 6.45) is 0. The number of hydrogen-bond acceptors (Lipinski definition) is 5. The zero-order valence-electron chi connectivity index (χ0n) is 17.7. The number of nitrogens with one attached hydrogen (secondary N) is 1. The van der Waals surface area contributed by atoms with Crippen molar-refractivity contribution in [3.8, 4) is 11.5 Å². The fourth-order valence-electron chi connectivity index (χ4n) is 3.89. The molecule has 4 rings (SSSR count). The lowest BCUT2D eigenvalue weighted by atomic mass is 9.89. The van der Waals surface area contributed by atoms with Gasteiger partial charge in [-0.05, 0) is 35.4 Å². The fourth-order valence-corrected chi connectivity index (χ4v) is 3.89. The maximum atomic E-state index is 13.8. The number of rotatable bonds is 5. The van der Waals surface area contributed by atoms with Crippen molar-refractivity contribution in [3.63, 3.8) is 0 Å². The topological polar surface area (TPSA) is 88.1 Å². The smallest absolute Gasteiger partial charge is 0.274 e. The number of carbonyl (C=O) groups excluding carboxylic acids is 2. The zero-order chi connectivity index (χ0) is 22.5. The molecule has 0 bridgehead atoms. The minimum atomic E-state index is -0.615. The van der Waals surface area contributed by atoms with Crippen LogP contribution in [0.3, 0.4) is 0 Å². The van der Waals surface area contributed by atoms with Crippen LogP contribution < -0.4 is 15.0 Å². The highest BCUT2D eigenvalue weighted by molar-refractivity contribution is 5.94. The highest BCUT2D eigenvalue weighted by Gasteiger charge is 2.30. The van der Waals surface area contributed by atoms with Gasteiger partial charge >= 0.3 is 0 Å². The van der Waals surface area contributed by atoms with Crippen molar-refractivity contribution in [1.82, 2.24) is 10.4 Å². The molecule has 7 heteroatoms. The lowest BCUT2D eigenvalue weighted by Gasteiger charge is -2.26. The van der Waals surface area contributed by atoms with Crippen molar-refractivity contribution in [1.29, 1.82) is 0 Å². The molecular formula is C25H24N2O5. The van der Waals surface area contributed by atoms with E-state index in [0.29, 0.717) is 31.2 Å². The molecule has 1 unspecified atom stereocenters. The van der Waals surface area contributed by atoms with Crippen LogP contribution in [0.5, 0.6) is 11.5 Å². The van der Waals surface area contributed by atoms with Crippen LogP contribution in [0.25, 0.3) is 0 Å². The summed E-state index contributed by atoms with van der Waals surface area (Å²) in [4.78, 5) is 27.3. The van der Waals surface area contributed by atoms with Gasteiger partial charge in [-0.1, -0.05) is 48.5 Å². The van der Waals surface area contributed by atoms with E-state index >= 15 is 0 Å². The molecule has 3 aromatic carbocycles. The number of hydroxylamine groups is 1. The number of hydrogen-bond donors (Lipinski definition) is 2. The van der Waals surface area contributed by atoms with Crippen molar-refractivity contribution in [3.05, 3.63) is 95.1 Å². The first-order chi connectivity index (χ1) is 15.6. The van der Waals surface area contributed by atoms with Crippen molar-refractivity contribution >= 4 is 11.8 Å². The molecular weight excluding hydrogens is 408 g/mol. The van der Waals surface area contributed by atoms with Crippen LogP contribution >= 0.6 is 0 Å². The lowest BCUT2D eigenvalue weighted by molar-refractivity contribution is -0.132. The second kappa shape index (κ2) is 9.53. The van der Waals surface area contributed by atoms with E-state index in [0.717, 1.165) is 16.7 Å². The Labute approximate surface area is 186 Å². The first kappa shape index (κ1) is 21.4. The highest BCUT2D eigenvalue weighted by Crippen LogP contribution is 2.32. The van der Waals surface area contributed by atoms with Crippen LogP contribution in [0.1, 0.15) is 33.0 Å². The van der Waals surface area contributed by atoms with Crippen molar-refractivity contribution < 1.29 is 24.3 Å². The summed E-state index contributed by atoms with van der Waals surface area (Å²) in [6, 6.07) is 22.1. The summed E-state index contributed by atoms with van der Waals surface area (Å²) >= 11 is 0. The number of carbonyl (C=O) groups is 2. The van der Waals surface area contributed by atoms with Gasteiger partial charge < -0.3 is 14.4 Å². The van der Waals surface area contributed by atoms with Gasteiger partial charge in [0.2, 0.25) is 5.91 Å². The molecule has 0 aliphatic carbocycles. The van der Waals surface area contributed by atoms with E-state index in [1.54, 1.807) is 35.7 Å². The monoisotopic (exact) mass is 432 g/mol. The largest absolute Gasteiger partial charge is 0.497 e. The quantitative estimate of drug-likeness (QED) is 0.477. The summed E-state index contributed by atoms with van der Waals surface area (Å²) in [5.74, 6) is 0.0654. The Morgan fingerprint density at radius 1 is 1.03 bits per heavy atom. The molecule has 164 valence electrons. The second-order valence-corrected chi connectivity index (χ2v) is 7.49. The Morgan fingerprint density at radius 3 is 2.56 bits per heavy atom. The third-order valence-electron chi connectivity index (χ3n) is 5.53. The average Bonchev–Trinajstić information content (AvgIpc) is 3.06. The minimum Gasteiger partial charge on any atom is -0.497 e. The molecule has 2 amide bonds. The normalized spacial score (nSPS) is 13.9. The van der Waals surface area contributed by atoms with Crippen LogP contribution in [0, 0.1) is 0 Å². The Hall–Kier alpha value is -3.84. The molecule has 0 radical (unpaired) electrons. The third kappa shape index (κ3) is 4.43. The number of amides is 2. The average molecular weight is 432 g/mol. The standard InChI is InChI=1S/C25H24N2O5/c1-31-21-9-5-8-18(14-21)23(17-6-3-2-4-7-17)25(29)27-12-13-32-22-15-19(24(28)26-30)10-11-20(22)16-27/h2-11,14-15,23,30H,12-13,16H2,1H3,(H,26,28). The molecule has 1 heterocycles. The molecule has 0 aromatic heterocycles. The van der Waals surface area contributed by atoms with E-state index in [1.165, 1.54) is 0 Å². The van der Waals surface area contributed by atoms with E-state index in [4.69, 9.17) is 14.7 Å². The van der Waals surface area contributed by atoms with Crippen LogP contribution in [-0.4, -0.2) is 42.2 Å². The number of nitrogens with zero attached hydrogens (tertiary/aromatic N) is 1. The Morgan fingerprint density at radius 2 is 1.81 bits per heavy atom. The molecule has 0 saturated carbocycles. The number of ether oxygens (including phenoxy) is 2.